The average Bonchev–Trinajstić information content (AvgIpc) is 2.71. The Morgan fingerprint density at radius 3 is 1.26 bits per heavy atom. The van der Waals surface area contributed by atoms with Gasteiger partial charge in [-0.25, -0.2) is 0 Å². The van der Waals surface area contributed by atoms with Gasteiger partial charge in [-0.3, -0.25) is 12.5 Å². The van der Waals surface area contributed by atoms with Gasteiger partial charge in [0.25, 0.3) is 30.4 Å². The summed E-state index contributed by atoms with van der Waals surface area (Å²) in [7, 11) is -9.42. The molecule has 0 aliphatic rings. The average molecular weight is 493 g/mol. The van der Waals surface area contributed by atoms with Crippen molar-refractivity contribution in [2.45, 2.75) is 41.9 Å². The van der Waals surface area contributed by atoms with Gasteiger partial charge in [-0.1, -0.05) is 6.07 Å². The van der Waals surface area contributed by atoms with Crippen LogP contribution in [0.2, 0.25) is 0 Å². The van der Waals surface area contributed by atoms with E-state index in [1.165, 1.54) is 25.1 Å². The molecule has 0 radical (unpaired) electrons. The van der Waals surface area contributed by atoms with E-state index in [0.29, 0.717) is 22.3 Å². The molecule has 0 unspecified atom stereocenters. The molecule has 0 fully saturated rings. The molecule has 31 heavy (non-hydrogen) atoms. The molecule has 0 N–H and O–H groups in total. The summed E-state index contributed by atoms with van der Waals surface area (Å²) in [5, 5.41) is 0. The van der Waals surface area contributed by atoms with Gasteiger partial charge in [-0.05, 0) is 73.2 Å². The molecule has 0 amide bonds. The lowest BCUT2D eigenvalue weighted by Crippen LogP contribution is -2.12. The Bertz CT molecular complexity index is 1270. The molecule has 9 nitrogen and oxygen atoms in total. The predicted octanol–water partition coefficient (Wildman–Crippen LogP) is 2.21. The zero-order valence-electron chi connectivity index (χ0n) is 17.9. The highest BCUT2D eigenvalue weighted by molar-refractivity contribution is 7.87. The molecular formula is C19H24O9S3. The number of hydrogen-bond donors (Lipinski definition) is 0. The van der Waals surface area contributed by atoms with E-state index in [2.05, 4.69) is 12.5 Å². The highest BCUT2D eigenvalue weighted by Gasteiger charge is 2.26. The van der Waals surface area contributed by atoms with E-state index in [-0.39, 0.29) is 26.7 Å². The third-order valence-electron chi connectivity index (χ3n) is 4.93. The van der Waals surface area contributed by atoms with Gasteiger partial charge in [-0.15, -0.1) is 0 Å². The number of aryl methyl sites for hydroxylation is 1. The molecule has 0 aliphatic heterocycles. The van der Waals surface area contributed by atoms with E-state index in [1.54, 1.807) is 19.9 Å². The van der Waals surface area contributed by atoms with E-state index in [4.69, 9.17) is 0 Å². The molecule has 12 heteroatoms. The van der Waals surface area contributed by atoms with Gasteiger partial charge >= 0.3 is 0 Å². The van der Waals surface area contributed by atoms with Gasteiger partial charge in [0, 0.05) is 0 Å². The van der Waals surface area contributed by atoms with Crippen molar-refractivity contribution in [2.24, 2.45) is 0 Å². The Balaban J connectivity index is 2.76. The first kappa shape index (κ1) is 25.4. The molecule has 2 aromatic carbocycles. The predicted molar refractivity (Wildman–Crippen MR) is 112 cm³/mol. The van der Waals surface area contributed by atoms with Crippen molar-refractivity contribution >= 4 is 30.4 Å². The molecular weight excluding hydrogens is 468 g/mol. The van der Waals surface area contributed by atoms with Gasteiger partial charge in [0.15, 0.2) is 0 Å². The van der Waals surface area contributed by atoms with Crippen molar-refractivity contribution in [2.75, 3.05) is 21.3 Å². The lowest BCUT2D eigenvalue weighted by molar-refractivity contribution is 0.394. The summed E-state index contributed by atoms with van der Waals surface area (Å²) in [6, 6.07) is 5.74. The van der Waals surface area contributed by atoms with Crippen LogP contribution in [-0.4, -0.2) is 46.6 Å². The van der Waals surface area contributed by atoms with E-state index in [1.807, 2.05) is 0 Å². The van der Waals surface area contributed by atoms with E-state index < -0.39 is 30.4 Å². The van der Waals surface area contributed by atoms with Crippen molar-refractivity contribution in [3.8, 4) is 0 Å². The van der Waals surface area contributed by atoms with E-state index in [0.717, 1.165) is 21.3 Å². The molecule has 0 spiro atoms. The van der Waals surface area contributed by atoms with Crippen molar-refractivity contribution in [3.05, 3.63) is 52.1 Å². The largest absolute Gasteiger partial charge is 0.297 e. The van der Waals surface area contributed by atoms with Crippen LogP contribution >= 0.6 is 0 Å². The fourth-order valence-electron chi connectivity index (χ4n) is 3.10. The lowest BCUT2D eigenvalue weighted by Gasteiger charge is -2.15. The molecule has 2 rings (SSSR count). The fraction of sp³-hybridized carbons (Fsp3) is 0.368. The highest BCUT2D eigenvalue weighted by Crippen LogP contribution is 2.30. The summed E-state index contributed by atoms with van der Waals surface area (Å²) >= 11 is 0. The minimum Gasteiger partial charge on any atom is -0.270 e. The van der Waals surface area contributed by atoms with Crippen LogP contribution in [0.25, 0.3) is 0 Å². The molecule has 0 aliphatic carbocycles. The third kappa shape index (κ3) is 5.16. The highest BCUT2D eigenvalue weighted by atomic mass is 32.2. The van der Waals surface area contributed by atoms with Crippen molar-refractivity contribution in [1.82, 2.24) is 0 Å². The Morgan fingerprint density at radius 1 is 0.581 bits per heavy atom. The summed E-state index contributed by atoms with van der Waals surface area (Å²) in [5.41, 5.74) is 1.97. The van der Waals surface area contributed by atoms with Crippen LogP contribution in [0.1, 0.15) is 27.8 Å². The maximum atomic E-state index is 12.4. The Hall–Kier alpha value is -1.83. The molecule has 172 valence electrons. The van der Waals surface area contributed by atoms with Crippen LogP contribution in [0.15, 0.2) is 39.0 Å². The molecule has 0 saturated heterocycles. The summed E-state index contributed by atoms with van der Waals surface area (Å²) in [6.45, 7) is 4.70. The molecule has 0 aromatic heterocycles. The maximum absolute atomic E-state index is 12.4. The molecule has 0 bridgehead atoms. The van der Waals surface area contributed by atoms with Crippen molar-refractivity contribution in [1.29, 1.82) is 0 Å². The van der Waals surface area contributed by atoms with Gasteiger partial charge in [-0.2, -0.15) is 25.3 Å². The topological polar surface area (TPSA) is 130 Å². The maximum Gasteiger partial charge on any atom is 0.297 e. The number of rotatable bonds is 8. The lowest BCUT2D eigenvalue weighted by atomic mass is 9.99. The minimum absolute atomic E-state index is 0.0217. The standard InChI is InChI=1S/C19H24O9S3/c1-12-7-15(9-17(13(12)2)29(20,21)26-4)8-16-10-18(30(22,23)27-5)14(3)19(11-16)31(24,25)28-6/h7,9-11H,8H2,1-6H3. The second-order valence-electron chi connectivity index (χ2n) is 6.79. The Kier molecular flexibility index (Phi) is 7.35. The Labute approximate surface area is 183 Å². The second kappa shape index (κ2) is 8.96. The van der Waals surface area contributed by atoms with Crippen LogP contribution in [0.4, 0.5) is 0 Å². The fourth-order valence-corrected chi connectivity index (χ4v) is 6.10. The molecule has 0 heterocycles. The quantitative estimate of drug-likeness (QED) is 0.509. The monoisotopic (exact) mass is 492 g/mol. The zero-order valence-corrected chi connectivity index (χ0v) is 20.4. The minimum atomic E-state index is -4.22. The normalized spacial score (nSPS) is 12.8. The molecule has 0 saturated carbocycles. The first-order valence-electron chi connectivity index (χ1n) is 8.85. The van der Waals surface area contributed by atoms with Crippen molar-refractivity contribution in [3.63, 3.8) is 0 Å². The SMILES string of the molecule is COS(=O)(=O)c1cc(Cc2cc(S(=O)(=O)OC)c(C)c(S(=O)(=O)OC)c2)cc(C)c1C. The number of benzene rings is 2. The van der Waals surface area contributed by atoms with Crippen LogP contribution in [0.3, 0.4) is 0 Å². The smallest absolute Gasteiger partial charge is 0.270 e. The first-order chi connectivity index (χ1) is 14.2. The van der Waals surface area contributed by atoms with E-state index >= 15 is 0 Å². The summed E-state index contributed by atoms with van der Waals surface area (Å²) < 4.78 is 87.7. The van der Waals surface area contributed by atoms with Gasteiger partial charge in [0.05, 0.1) is 36.0 Å². The van der Waals surface area contributed by atoms with Crippen LogP contribution in [-0.2, 0) is 49.3 Å². The molecule has 2 aromatic rings. The van der Waals surface area contributed by atoms with E-state index in [9.17, 15) is 25.3 Å². The summed E-state index contributed by atoms with van der Waals surface area (Å²) in [6.07, 6.45) is 0.0477. The van der Waals surface area contributed by atoms with Crippen LogP contribution in [0.5, 0.6) is 0 Å². The second-order valence-corrected chi connectivity index (χ2v) is 11.8. The summed E-state index contributed by atoms with van der Waals surface area (Å²) in [5.74, 6) is 0. The van der Waals surface area contributed by atoms with Gasteiger partial charge in [0.2, 0.25) is 0 Å². The zero-order chi connectivity index (χ0) is 23.8. The van der Waals surface area contributed by atoms with Crippen molar-refractivity contribution < 1.29 is 37.8 Å². The van der Waals surface area contributed by atoms with Gasteiger partial charge < -0.3 is 0 Å². The summed E-state index contributed by atoms with van der Waals surface area (Å²) in [4.78, 5) is -0.667. The number of hydrogen-bond acceptors (Lipinski definition) is 9. The third-order valence-corrected chi connectivity index (χ3v) is 9.13. The van der Waals surface area contributed by atoms with Gasteiger partial charge in [0.1, 0.15) is 0 Å². The first-order valence-corrected chi connectivity index (χ1v) is 13.1. The van der Waals surface area contributed by atoms with Crippen LogP contribution in [0, 0.1) is 20.8 Å². The van der Waals surface area contributed by atoms with Crippen LogP contribution < -0.4 is 0 Å². The molecule has 0 atom stereocenters. The Morgan fingerprint density at radius 2 is 0.903 bits per heavy atom.